The zero-order valence-electron chi connectivity index (χ0n) is 11.4. The number of ether oxygens (including phenoxy) is 3. The second kappa shape index (κ2) is 5.93. The molecule has 1 saturated heterocycles. The molecule has 2 unspecified atom stereocenters. The van der Waals surface area contributed by atoms with Crippen molar-refractivity contribution in [2.24, 2.45) is 0 Å². The van der Waals surface area contributed by atoms with E-state index in [-0.39, 0.29) is 12.0 Å². The average molecular weight is 265 g/mol. The molecule has 1 aromatic carbocycles. The van der Waals surface area contributed by atoms with Gasteiger partial charge >= 0.3 is 5.97 Å². The third-order valence-electron chi connectivity index (χ3n) is 3.28. The summed E-state index contributed by atoms with van der Waals surface area (Å²) in [7, 11) is 3.48. The molecule has 1 N–H and O–H groups in total. The molecule has 0 aromatic heterocycles. The number of benzene rings is 1. The lowest BCUT2D eigenvalue weighted by Gasteiger charge is -2.19. The maximum absolute atomic E-state index is 11.5. The number of rotatable bonds is 5. The van der Waals surface area contributed by atoms with Crippen molar-refractivity contribution >= 4 is 5.97 Å². The van der Waals surface area contributed by atoms with E-state index in [1.165, 1.54) is 0 Å². The largest absolute Gasteiger partial charge is 0.497 e. The molecule has 1 heterocycles. The Morgan fingerprint density at radius 1 is 1.47 bits per heavy atom. The number of nitrogens with one attached hydrogen (secondary N) is 1. The van der Waals surface area contributed by atoms with E-state index in [0.29, 0.717) is 24.5 Å². The first-order valence-corrected chi connectivity index (χ1v) is 6.34. The molecule has 0 amide bonds. The molecule has 1 aromatic rings. The van der Waals surface area contributed by atoms with Gasteiger partial charge in [0.25, 0.3) is 0 Å². The normalized spacial score (nSPS) is 19.9. The van der Waals surface area contributed by atoms with E-state index in [2.05, 4.69) is 5.32 Å². The Labute approximate surface area is 112 Å². The van der Waals surface area contributed by atoms with Crippen LogP contribution in [-0.4, -0.2) is 32.8 Å². The highest BCUT2D eigenvalue weighted by Crippen LogP contribution is 2.31. The van der Waals surface area contributed by atoms with Crippen LogP contribution in [0.25, 0.3) is 0 Å². The van der Waals surface area contributed by atoms with Gasteiger partial charge in [-0.25, -0.2) is 4.79 Å². The number of hydrogen-bond donors (Lipinski definition) is 1. The third-order valence-corrected chi connectivity index (χ3v) is 3.28. The van der Waals surface area contributed by atoms with Crippen LogP contribution in [0.1, 0.15) is 24.9 Å². The minimum atomic E-state index is -0.519. The van der Waals surface area contributed by atoms with Crippen molar-refractivity contribution in [1.82, 2.24) is 5.32 Å². The van der Waals surface area contributed by atoms with E-state index in [1.54, 1.807) is 13.2 Å². The van der Waals surface area contributed by atoms with E-state index in [1.807, 2.05) is 26.1 Å². The summed E-state index contributed by atoms with van der Waals surface area (Å²) in [6, 6.07) is 5.74. The Morgan fingerprint density at radius 2 is 2.26 bits per heavy atom. The highest BCUT2D eigenvalue weighted by Gasteiger charge is 2.29. The molecule has 2 rings (SSSR count). The predicted molar refractivity (Wildman–Crippen MR) is 70.5 cm³/mol. The molecule has 104 valence electrons. The van der Waals surface area contributed by atoms with Crippen LogP contribution in [0.2, 0.25) is 0 Å². The van der Waals surface area contributed by atoms with Crippen molar-refractivity contribution in [3.05, 3.63) is 23.8 Å². The summed E-state index contributed by atoms with van der Waals surface area (Å²) < 4.78 is 15.9. The maximum Gasteiger partial charge on any atom is 0.347 e. The highest BCUT2D eigenvalue weighted by atomic mass is 16.6. The zero-order chi connectivity index (χ0) is 13.8. The van der Waals surface area contributed by atoms with Crippen LogP contribution in [0, 0.1) is 0 Å². The molecule has 1 fully saturated rings. The molecule has 2 atom stereocenters. The predicted octanol–water partition coefficient (Wildman–Crippen LogP) is 1.67. The Bertz CT molecular complexity index is 461. The van der Waals surface area contributed by atoms with Crippen LogP contribution in [0.5, 0.6) is 11.5 Å². The lowest BCUT2D eigenvalue weighted by Crippen LogP contribution is -2.23. The van der Waals surface area contributed by atoms with Crippen molar-refractivity contribution in [1.29, 1.82) is 0 Å². The van der Waals surface area contributed by atoms with E-state index in [4.69, 9.17) is 14.2 Å². The molecule has 1 aliphatic heterocycles. The molecule has 0 aliphatic carbocycles. The smallest absolute Gasteiger partial charge is 0.347 e. The Balaban J connectivity index is 2.26. The molecule has 0 radical (unpaired) electrons. The van der Waals surface area contributed by atoms with E-state index in [0.717, 1.165) is 5.56 Å². The van der Waals surface area contributed by atoms with Crippen LogP contribution in [0.4, 0.5) is 0 Å². The summed E-state index contributed by atoms with van der Waals surface area (Å²) >= 11 is 0. The molecule has 0 bridgehead atoms. The van der Waals surface area contributed by atoms with Crippen molar-refractivity contribution in [2.45, 2.75) is 25.5 Å². The Morgan fingerprint density at radius 3 is 2.84 bits per heavy atom. The number of esters is 1. The van der Waals surface area contributed by atoms with Crippen LogP contribution >= 0.6 is 0 Å². The summed E-state index contributed by atoms with van der Waals surface area (Å²) in [5.41, 5.74) is 0.989. The van der Waals surface area contributed by atoms with Gasteiger partial charge in [-0.3, -0.25) is 0 Å². The average Bonchev–Trinajstić information content (AvgIpc) is 2.83. The van der Waals surface area contributed by atoms with Gasteiger partial charge in [0.15, 0.2) is 6.10 Å². The standard InChI is InChI=1S/C14H19NO4/c1-9(15-2)11-5-4-10(17-3)8-13(11)19-12-6-7-18-14(12)16/h4-5,8-9,12,15H,6-7H2,1-3H3. The second-order valence-electron chi connectivity index (χ2n) is 4.48. The summed E-state index contributed by atoms with van der Waals surface area (Å²) in [4.78, 5) is 11.5. The van der Waals surface area contributed by atoms with Gasteiger partial charge in [-0.1, -0.05) is 6.07 Å². The number of carbonyl (C=O) groups is 1. The maximum atomic E-state index is 11.5. The topological polar surface area (TPSA) is 56.8 Å². The van der Waals surface area contributed by atoms with Gasteiger partial charge in [-0.05, 0) is 20.0 Å². The lowest BCUT2D eigenvalue weighted by molar-refractivity contribution is -0.143. The van der Waals surface area contributed by atoms with Crippen molar-refractivity contribution in [3.8, 4) is 11.5 Å². The molecular formula is C14H19NO4. The number of methoxy groups -OCH3 is 1. The van der Waals surface area contributed by atoms with E-state index in [9.17, 15) is 4.79 Å². The summed E-state index contributed by atoms with van der Waals surface area (Å²) in [5.74, 6) is 1.06. The van der Waals surface area contributed by atoms with Gasteiger partial charge in [0.05, 0.1) is 13.7 Å². The minimum absolute atomic E-state index is 0.123. The zero-order valence-corrected chi connectivity index (χ0v) is 11.4. The molecule has 19 heavy (non-hydrogen) atoms. The van der Waals surface area contributed by atoms with E-state index < -0.39 is 6.10 Å². The third kappa shape index (κ3) is 2.98. The molecule has 5 nitrogen and oxygen atoms in total. The molecular weight excluding hydrogens is 246 g/mol. The fraction of sp³-hybridized carbons (Fsp3) is 0.500. The van der Waals surface area contributed by atoms with Gasteiger partial charge in [-0.15, -0.1) is 0 Å². The molecule has 0 saturated carbocycles. The number of cyclic esters (lactones) is 1. The van der Waals surface area contributed by atoms with Gasteiger partial charge in [0.2, 0.25) is 0 Å². The summed E-state index contributed by atoms with van der Waals surface area (Å²) in [6.45, 7) is 2.45. The molecule has 1 aliphatic rings. The monoisotopic (exact) mass is 265 g/mol. The molecule has 5 heteroatoms. The number of hydrogen-bond acceptors (Lipinski definition) is 5. The lowest BCUT2D eigenvalue weighted by atomic mass is 10.1. The van der Waals surface area contributed by atoms with Gasteiger partial charge < -0.3 is 19.5 Å². The van der Waals surface area contributed by atoms with Gasteiger partial charge in [0.1, 0.15) is 11.5 Å². The Kier molecular flexibility index (Phi) is 4.27. The first-order chi connectivity index (χ1) is 9.15. The highest BCUT2D eigenvalue weighted by molar-refractivity contribution is 5.76. The fourth-order valence-corrected chi connectivity index (χ4v) is 1.99. The van der Waals surface area contributed by atoms with Gasteiger partial charge in [-0.2, -0.15) is 0 Å². The van der Waals surface area contributed by atoms with Gasteiger partial charge in [0, 0.05) is 24.1 Å². The van der Waals surface area contributed by atoms with Crippen LogP contribution in [0.3, 0.4) is 0 Å². The van der Waals surface area contributed by atoms with Crippen LogP contribution in [0.15, 0.2) is 18.2 Å². The second-order valence-corrected chi connectivity index (χ2v) is 4.48. The van der Waals surface area contributed by atoms with Crippen molar-refractivity contribution in [3.63, 3.8) is 0 Å². The minimum Gasteiger partial charge on any atom is -0.497 e. The quantitative estimate of drug-likeness (QED) is 0.821. The van der Waals surface area contributed by atoms with Crippen molar-refractivity contribution in [2.75, 3.05) is 20.8 Å². The molecule has 0 spiro atoms. The van der Waals surface area contributed by atoms with E-state index >= 15 is 0 Å². The SMILES string of the molecule is CNC(C)c1ccc(OC)cc1OC1CCOC1=O. The fourth-order valence-electron chi connectivity index (χ4n) is 1.99. The number of carbonyl (C=O) groups excluding carboxylic acids is 1. The van der Waals surface area contributed by atoms with Crippen molar-refractivity contribution < 1.29 is 19.0 Å². The summed E-state index contributed by atoms with van der Waals surface area (Å²) in [6.07, 6.45) is 0.0681. The Hall–Kier alpha value is -1.75. The van der Waals surface area contributed by atoms with Crippen LogP contribution < -0.4 is 14.8 Å². The first kappa shape index (κ1) is 13.7. The van der Waals surface area contributed by atoms with Crippen LogP contribution in [-0.2, 0) is 9.53 Å². The first-order valence-electron chi connectivity index (χ1n) is 6.34. The summed E-state index contributed by atoms with van der Waals surface area (Å²) in [5, 5.41) is 3.16.